The summed E-state index contributed by atoms with van der Waals surface area (Å²) < 4.78 is 40.9. The van der Waals surface area contributed by atoms with Crippen molar-refractivity contribution >= 4 is 21.6 Å². The van der Waals surface area contributed by atoms with Crippen LogP contribution in [0.2, 0.25) is 0 Å². The monoisotopic (exact) mass is 261 g/mol. The smallest absolute Gasteiger partial charge is 0.299 e. The van der Waals surface area contributed by atoms with Crippen LogP contribution in [0.4, 0.5) is 15.8 Å². The highest BCUT2D eigenvalue weighted by molar-refractivity contribution is 7.90. The molecule has 1 aromatic rings. The van der Waals surface area contributed by atoms with Crippen molar-refractivity contribution in [3.8, 4) is 0 Å². The average Bonchev–Trinajstić information content (AvgIpc) is 2.06. The maximum atomic E-state index is 12.9. The van der Waals surface area contributed by atoms with Gasteiger partial charge in [0.15, 0.2) is 0 Å². The van der Waals surface area contributed by atoms with E-state index in [9.17, 15) is 12.8 Å². The topological polar surface area (TPSA) is 84.2 Å². The summed E-state index contributed by atoms with van der Waals surface area (Å²) in [5.74, 6) is -0.562. The number of nitrogen functional groups attached to an aromatic ring is 1. The fourth-order valence-electron chi connectivity index (χ4n) is 1.19. The third-order valence-corrected chi connectivity index (χ3v) is 3.07. The highest BCUT2D eigenvalue weighted by Crippen LogP contribution is 2.20. The molecule has 0 atom stereocenters. The Morgan fingerprint density at radius 3 is 2.41 bits per heavy atom. The zero-order valence-electron chi connectivity index (χ0n) is 9.91. The molecule has 0 saturated heterocycles. The molecule has 1 rings (SSSR count). The second-order valence-corrected chi connectivity index (χ2v) is 6.10. The van der Waals surface area contributed by atoms with E-state index in [1.165, 1.54) is 6.07 Å². The molecule has 4 N–H and O–H groups in total. The molecule has 0 spiro atoms. The second-order valence-electron chi connectivity index (χ2n) is 4.69. The molecule has 17 heavy (non-hydrogen) atoms. The molecule has 0 bridgehead atoms. The highest BCUT2D eigenvalue weighted by atomic mass is 32.2. The Kier molecular flexibility index (Phi) is 3.63. The van der Waals surface area contributed by atoms with E-state index in [0.717, 1.165) is 12.1 Å². The van der Waals surface area contributed by atoms with Crippen molar-refractivity contribution in [1.29, 1.82) is 0 Å². The van der Waals surface area contributed by atoms with Gasteiger partial charge in [0.05, 0.1) is 11.4 Å². The van der Waals surface area contributed by atoms with E-state index in [1.807, 2.05) is 0 Å². The molecular formula is C10H16FN3O2S. The van der Waals surface area contributed by atoms with Crippen LogP contribution in [-0.2, 0) is 10.2 Å². The van der Waals surface area contributed by atoms with E-state index in [-0.39, 0.29) is 11.4 Å². The molecule has 5 nitrogen and oxygen atoms in total. The molecule has 0 aliphatic carbocycles. The largest absolute Gasteiger partial charge is 0.397 e. The molecule has 0 heterocycles. The van der Waals surface area contributed by atoms with Gasteiger partial charge in [-0.15, -0.1) is 0 Å². The zero-order valence-corrected chi connectivity index (χ0v) is 10.7. The van der Waals surface area contributed by atoms with E-state index in [1.54, 1.807) is 20.8 Å². The zero-order chi connectivity index (χ0) is 13.3. The molecule has 1 aromatic carbocycles. The summed E-state index contributed by atoms with van der Waals surface area (Å²) in [6, 6.07) is 3.48. The van der Waals surface area contributed by atoms with Gasteiger partial charge in [-0.25, -0.2) is 4.39 Å². The highest BCUT2D eigenvalue weighted by Gasteiger charge is 2.20. The van der Waals surface area contributed by atoms with Crippen LogP contribution in [0, 0.1) is 5.82 Å². The van der Waals surface area contributed by atoms with Gasteiger partial charge in [0.2, 0.25) is 0 Å². The lowest BCUT2D eigenvalue weighted by Crippen LogP contribution is -2.43. The molecular weight excluding hydrogens is 245 g/mol. The van der Waals surface area contributed by atoms with Crippen LogP contribution in [-0.4, -0.2) is 14.0 Å². The summed E-state index contributed by atoms with van der Waals surface area (Å²) >= 11 is 0. The van der Waals surface area contributed by atoms with Crippen molar-refractivity contribution < 1.29 is 12.8 Å². The van der Waals surface area contributed by atoms with Gasteiger partial charge in [0.1, 0.15) is 5.82 Å². The van der Waals surface area contributed by atoms with E-state index in [0.29, 0.717) is 0 Å². The number of hydrogen-bond donors (Lipinski definition) is 3. The van der Waals surface area contributed by atoms with Gasteiger partial charge in [0.25, 0.3) is 10.2 Å². The third kappa shape index (κ3) is 4.58. The Bertz CT molecular complexity index is 509. The van der Waals surface area contributed by atoms with Crippen LogP contribution in [0.5, 0.6) is 0 Å². The molecule has 0 saturated carbocycles. The van der Waals surface area contributed by atoms with Crippen LogP contribution in [0.3, 0.4) is 0 Å². The van der Waals surface area contributed by atoms with Crippen molar-refractivity contribution in [2.45, 2.75) is 26.3 Å². The lowest BCUT2D eigenvalue weighted by Gasteiger charge is -2.21. The van der Waals surface area contributed by atoms with E-state index < -0.39 is 21.6 Å². The van der Waals surface area contributed by atoms with Gasteiger partial charge < -0.3 is 5.73 Å². The molecule has 0 aliphatic heterocycles. The summed E-state index contributed by atoms with van der Waals surface area (Å²) in [5.41, 5.74) is 5.08. The van der Waals surface area contributed by atoms with Crippen LogP contribution in [0.25, 0.3) is 0 Å². The molecule has 0 aliphatic rings. The first kappa shape index (κ1) is 13.7. The first-order chi connectivity index (χ1) is 7.59. The Hall–Kier alpha value is -1.34. The normalized spacial score (nSPS) is 12.5. The standard InChI is InChI=1S/C10H16FN3O2S/c1-10(2,3)14-17(15,16)13-9-6-7(11)4-5-8(9)12/h4-6,13-14H,12H2,1-3H3. The van der Waals surface area contributed by atoms with Gasteiger partial charge >= 0.3 is 0 Å². The van der Waals surface area contributed by atoms with Crippen LogP contribution in [0.1, 0.15) is 20.8 Å². The molecule has 96 valence electrons. The number of halogens is 1. The van der Waals surface area contributed by atoms with Gasteiger partial charge in [0, 0.05) is 11.6 Å². The maximum absolute atomic E-state index is 12.9. The second kappa shape index (κ2) is 4.50. The number of hydrogen-bond acceptors (Lipinski definition) is 3. The van der Waals surface area contributed by atoms with Crippen LogP contribution < -0.4 is 15.2 Å². The molecule has 0 radical (unpaired) electrons. The van der Waals surface area contributed by atoms with E-state index in [2.05, 4.69) is 9.44 Å². The van der Waals surface area contributed by atoms with Gasteiger partial charge in [-0.1, -0.05) is 0 Å². The lowest BCUT2D eigenvalue weighted by atomic mass is 10.1. The van der Waals surface area contributed by atoms with E-state index in [4.69, 9.17) is 5.73 Å². The molecule has 0 fully saturated rings. The van der Waals surface area contributed by atoms with Gasteiger partial charge in [-0.05, 0) is 32.9 Å². The molecule has 0 unspecified atom stereocenters. The lowest BCUT2D eigenvalue weighted by molar-refractivity contribution is 0.494. The summed E-state index contributed by atoms with van der Waals surface area (Å²) in [4.78, 5) is 0. The summed E-state index contributed by atoms with van der Waals surface area (Å²) in [5, 5.41) is 0. The Labute approximate surface area is 100 Å². The summed E-state index contributed by atoms with van der Waals surface area (Å²) in [6.07, 6.45) is 0. The van der Waals surface area contributed by atoms with Crippen molar-refractivity contribution in [3.63, 3.8) is 0 Å². The fraction of sp³-hybridized carbons (Fsp3) is 0.400. The fourth-order valence-corrected chi connectivity index (χ4v) is 2.51. The SMILES string of the molecule is CC(C)(C)NS(=O)(=O)Nc1cc(F)ccc1N. The van der Waals surface area contributed by atoms with Crippen LogP contribution in [0.15, 0.2) is 18.2 Å². The Morgan fingerprint density at radius 1 is 1.29 bits per heavy atom. The molecule has 0 aromatic heterocycles. The Morgan fingerprint density at radius 2 is 1.88 bits per heavy atom. The van der Waals surface area contributed by atoms with Gasteiger partial charge in [-0.2, -0.15) is 13.1 Å². The predicted molar refractivity (Wildman–Crippen MR) is 66.2 cm³/mol. The summed E-state index contributed by atoms with van der Waals surface area (Å²) in [6.45, 7) is 5.09. The number of nitrogens with two attached hydrogens (primary N) is 1. The van der Waals surface area contributed by atoms with Gasteiger partial charge in [-0.3, -0.25) is 4.72 Å². The first-order valence-corrected chi connectivity index (χ1v) is 6.44. The third-order valence-electron chi connectivity index (χ3n) is 1.70. The summed E-state index contributed by atoms with van der Waals surface area (Å²) in [7, 11) is -3.78. The van der Waals surface area contributed by atoms with Crippen molar-refractivity contribution in [2.75, 3.05) is 10.5 Å². The minimum atomic E-state index is -3.78. The Balaban J connectivity index is 2.94. The number of benzene rings is 1. The minimum absolute atomic E-state index is 0.0155. The van der Waals surface area contributed by atoms with Crippen LogP contribution >= 0.6 is 0 Å². The maximum Gasteiger partial charge on any atom is 0.299 e. The number of nitrogens with one attached hydrogen (secondary N) is 2. The minimum Gasteiger partial charge on any atom is -0.397 e. The first-order valence-electron chi connectivity index (χ1n) is 4.96. The molecule has 0 amide bonds. The van der Waals surface area contributed by atoms with Crippen molar-refractivity contribution in [2.24, 2.45) is 0 Å². The number of rotatable bonds is 3. The molecule has 7 heteroatoms. The average molecular weight is 261 g/mol. The van der Waals surface area contributed by atoms with Crippen molar-refractivity contribution in [1.82, 2.24) is 4.72 Å². The van der Waals surface area contributed by atoms with E-state index >= 15 is 0 Å². The van der Waals surface area contributed by atoms with Crippen molar-refractivity contribution in [3.05, 3.63) is 24.0 Å². The quantitative estimate of drug-likeness (QED) is 0.720. The predicted octanol–water partition coefficient (Wildman–Crippen LogP) is 1.45. The number of anilines is 2.